The summed E-state index contributed by atoms with van der Waals surface area (Å²) in [6, 6.07) is 9.45. The molecule has 3 heteroatoms. The van der Waals surface area contributed by atoms with E-state index in [4.69, 9.17) is 10.4 Å². The summed E-state index contributed by atoms with van der Waals surface area (Å²) in [5.41, 5.74) is 1.79. The smallest absolute Gasteiger partial charge is 0.0991 e. The van der Waals surface area contributed by atoms with E-state index in [1.165, 1.54) is 0 Å². The highest BCUT2D eigenvalue weighted by Crippen LogP contribution is 2.02. The van der Waals surface area contributed by atoms with Crippen LogP contribution in [0.3, 0.4) is 0 Å². The van der Waals surface area contributed by atoms with E-state index in [1.54, 1.807) is 12.1 Å². The highest BCUT2D eigenvalue weighted by molar-refractivity contribution is 5.31. The summed E-state index contributed by atoms with van der Waals surface area (Å²) in [6.07, 6.45) is 0. The molecule has 0 aliphatic carbocycles. The molecule has 0 spiro atoms. The van der Waals surface area contributed by atoms with Crippen molar-refractivity contribution >= 4 is 0 Å². The van der Waals surface area contributed by atoms with E-state index >= 15 is 0 Å². The molecule has 3 nitrogen and oxygen atoms in total. The molecule has 0 aliphatic rings. The molecule has 0 aromatic heterocycles. The Morgan fingerprint density at radius 2 is 2.00 bits per heavy atom. The van der Waals surface area contributed by atoms with Crippen molar-refractivity contribution in [3.8, 4) is 6.07 Å². The van der Waals surface area contributed by atoms with E-state index in [0.29, 0.717) is 12.1 Å². The van der Waals surface area contributed by atoms with Crippen molar-refractivity contribution in [2.75, 3.05) is 13.2 Å². The molecule has 13 heavy (non-hydrogen) atoms. The molecule has 68 valence electrons. The minimum atomic E-state index is 0.149. The quantitative estimate of drug-likeness (QED) is 0.662. The van der Waals surface area contributed by atoms with Crippen LogP contribution >= 0.6 is 0 Å². The van der Waals surface area contributed by atoms with Crippen LogP contribution in [0.15, 0.2) is 24.3 Å². The Morgan fingerprint density at radius 1 is 1.31 bits per heavy atom. The first-order valence-corrected chi connectivity index (χ1v) is 4.17. The van der Waals surface area contributed by atoms with Crippen molar-refractivity contribution < 1.29 is 5.11 Å². The number of hydrogen-bond donors (Lipinski definition) is 2. The first-order valence-electron chi connectivity index (χ1n) is 4.17. The number of hydrogen-bond acceptors (Lipinski definition) is 3. The van der Waals surface area contributed by atoms with Gasteiger partial charge in [-0.25, -0.2) is 0 Å². The van der Waals surface area contributed by atoms with Gasteiger partial charge in [-0.15, -0.1) is 0 Å². The number of aliphatic hydroxyl groups is 1. The highest BCUT2D eigenvalue weighted by atomic mass is 16.3. The molecule has 2 N–H and O–H groups in total. The fourth-order valence-corrected chi connectivity index (χ4v) is 1.01. The maximum absolute atomic E-state index is 8.54. The molecular weight excluding hydrogens is 164 g/mol. The summed E-state index contributed by atoms with van der Waals surface area (Å²) in [5, 5.41) is 20.1. The maximum Gasteiger partial charge on any atom is 0.0991 e. The molecule has 0 radical (unpaired) electrons. The lowest BCUT2D eigenvalue weighted by molar-refractivity contribution is 0.292. The topological polar surface area (TPSA) is 56.0 Å². The van der Waals surface area contributed by atoms with E-state index in [1.807, 2.05) is 12.1 Å². The highest BCUT2D eigenvalue weighted by Gasteiger charge is 1.92. The van der Waals surface area contributed by atoms with Gasteiger partial charge in [0.05, 0.1) is 18.2 Å². The van der Waals surface area contributed by atoms with E-state index < -0.39 is 0 Å². The van der Waals surface area contributed by atoms with E-state index in [0.717, 1.165) is 12.1 Å². The Kier molecular flexibility index (Phi) is 3.97. The predicted molar refractivity (Wildman–Crippen MR) is 49.9 cm³/mol. The molecule has 0 bridgehead atoms. The van der Waals surface area contributed by atoms with Crippen LogP contribution in [0, 0.1) is 11.3 Å². The third-order valence-corrected chi connectivity index (χ3v) is 1.70. The van der Waals surface area contributed by atoms with Gasteiger partial charge < -0.3 is 10.4 Å². The summed E-state index contributed by atoms with van der Waals surface area (Å²) in [6.45, 7) is 1.47. The Balaban J connectivity index is 2.46. The number of aliphatic hydroxyl groups excluding tert-OH is 1. The van der Waals surface area contributed by atoms with Crippen molar-refractivity contribution in [2.45, 2.75) is 6.54 Å². The van der Waals surface area contributed by atoms with Gasteiger partial charge >= 0.3 is 0 Å². The molecule has 0 unspecified atom stereocenters. The lowest BCUT2D eigenvalue weighted by Crippen LogP contribution is -2.17. The van der Waals surface area contributed by atoms with Gasteiger partial charge in [0.2, 0.25) is 0 Å². The number of nitriles is 1. The molecule has 0 heterocycles. The van der Waals surface area contributed by atoms with Gasteiger partial charge in [0, 0.05) is 13.1 Å². The molecule has 0 fully saturated rings. The number of rotatable bonds is 4. The van der Waals surface area contributed by atoms with E-state index in [9.17, 15) is 0 Å². The molecule has 0 saturated carbocycles. The van der Waals surface area contributed by atoms with Crippen LogP contribution in [0.25, 0.3) is 0 Å². The zero-order chi connectivity index (χ0) is 9.52. The molecular formula is C10H12N2O. The van der Waals surface area contributed by atoms with Gasteiger partial charge in [0.1, 0.15) is 0 Å². The zero-order valence-corrected chi connectivity index (χ0v) is 7.33. The lowest BCUT2D eigenvalue weighted by Gasteiger charge is -2.01. The van der Waals surface area contributed by atoms with Crippen LogP contribution in [0.4, 0.5) is 0 Å². The summed E-state index contributed by atoms with van der Waals surface area (Å²) in [7, 11) is 0. The minimum absolute atomic E-state index is 0.149. The van der Waals surface area contributed by atoms with Crippen molar-refractivity contribution in [2.24, 2.45) is 0 Å². The monoisotopic (exact) mass is 176 g/mol. The first kappa shape index (κ1) is 9.72. The van der Waals surface area contributed by atoms with Crippen LogP contribution in [-0.4, -0.2) is 18.3 Å². The van der Waals surface area contributed by atoms with Crippen molar-refractivity contribution in [3.63, 3.8) is 0 Å². The number of benzene rings is 1. The minimum Gasteiger partial charge on any atom is -0.395 e. The maximum atomic E-state index is 8.54. The summed E-state index contributed by atoms with van der Waals surface area (Å²) < 4.78 is 0. The first-order chi connectivity index (χ1) is 6.36. The van der Waals surface area contributed by atoms with Crippen LogP contribution in [-0.2, 0) is 6.54 Å². The third-order valence-electron chi connectivity index (χ3n) is 1.70. The van der Waals surface area contributed by atoms with Gasteiger partial charge in [0.15, 0.2) is 0 Å². The molecule has 0 amide bonds. The fourth-order valence-electron chi connectivity index (χ4n) is 1.01. The third kappa shape index (κ3) is 3.24. The normalized spacial score (nSPS) is 9.54. The molecule has 0 aliphatic heterocycles. The summed E-state index contributed by atoms with van der Waals surface area (Å²) >= 11 is 0. The van der Waals surface area contributed by atoms with Crippen molar-refractivity contribution in [3.05, 3.63) is 35.4 Å². The molecule has 1 rings (SSSR count). The largest absolute Gasteiger partial charge is 0.395 e. The molecule has 0 saturated heterocycles. The Hall–Kier alpha value is -1.37. The van der Waals surface area contributed by atoms with E-state index in [-0.39, 0.29) is 6.61 Å². The van der Waals surface area contributed by atoms with Crippen LogP contribution in [0.2, 0.25) is 0 Å². The zero-order valence-electron chi connectivity index (χ0n) is 7.33. The van der Waals surface area contributed by atoms with E-state index in [2.05, 4.69) is 11.4 Å². The number of nitrogens with zero attached hydrogens (tertiary/aromatic N) is 1. The Labute approximate surface area is 77.6 Å². The number of nitrogens with one attached hydrogen (secondary N) is 1. The average Bonchev–Trinajstić information content (AvgIpc) is 2.19. The van der Waals surface area contributed by atoms with Crippen LogP contribution < -0.4 is 5.32 Å². The second-order valence-corrected chi connectivity index (χ2v) is 2.71. The SMILES string of the molecule is N#Cc1ccc(CNCCO)cc1. The van der Waals surface area contributed by atoms with Crippen molar-refractivity contribution in [1.29, 1.82) is 5.26 Å². The van der Waals surface area contributed by atoms with Crippen molar-refractivity contribution in [1.82, 2.24) is 5.32 Å². The standard InChI is InChI=1S/C10H12N2O/c11-7-9-1-3-10(4-2-9)8-12-5-6-13/h1-4,12-13H,5-6,8H2. The fraction of sp³-hybridized carbons (Fsp3) is 0.300. The van der Waals surface area contributed by atoms with Gasteiger partial charge in [-0.2, -0.15) is 5.26 Å². The molecule has 0 atom stereocenters. The summed E-state index contributed by atoms with van der Waals surface area (Å²) in [5.74, 6) is 0. The van der Waals surface area contributed by atoms with Gasteiger partial charge in [-0.3, -0.25) is 0 Å². The Bertz CT molecular complexity index is 287. The second kappa shape index (κ2) is 5.31. The molecule has 1 aromatic rings. The van der Waals surface area contributed by atoms with Gasteiger partial charge in [-0.05, 0) is 17.7 Å². The average molecular weight is 176 g/mol. The van der Waals surface area contributed by atoms with Gasteiger partial charge in [0.25, 0.3) is 0 Å². The second-order valence-electron chi connectivity index (χ2n) is 2.71. The lowest BCUT2D eigenvalue weighted by atomic mass is 10.1. The molecule has 1 aromatic carbocycles. The predicted octanol–water partition coefficient (Wildman–Crippen LogP) is 0.640. The van der Waals surface area contributed by atoms with Crippen LogP contribution in [0.5, 0.6) is 0 Å². The van der Waals surface area contributed by atoms with Crippen LogP contribution in [0.1, 0.15) is 11.1 Å². The Morgan fingerprint density at radius 3 is 2.54 bits per heavy atom. The summed E-state index contributed by atoms with van der Waals surface area (Å²) in [4.78, 5) is 0. The van der Waals surface area contributed by atoms with Gasteiger partial charge in [-0.1, -0.05) is 12.1 Å².